The van der Waals surface area contributed by atoms with Crippen molar-refractivity contribution in [3.05, 3.63) is 83.6 Å². The fourth-order valence-corrected chi connectivity index (χ4v) is 12.6. The number of nitrogens with zero attached hydrogens (tertiary/aromatic N) is 2. The van der Waals surface area contributed by atoms with Gasteiger partial charge in [0.05, 0.1) is 28.0 Å². The van der Waals surface area contributed by atoms with Gasteiger partial charge in [0.2, 0.25) is 52.9 Å². The van der Waals surface area contributed by atoms with Gasteiger partial charge in [0.25, 0.3) is 20.2 Å². The number of anilines is 1. The maximum absolute atomic E-state index is 13.9. The molecule has 0 bridgehead atoms. The van der Waals surface area contributed by atoms with E-state index in [1.54, 1.807) is 12.1 Å². The molecule has 33 heteroatoms. The molecule has 16 N–H and O–H groups in total. The van der Waals surface area contributed by atoms with E-state index >= 15 is 0 Å². The number of rotatable bonds is 41. The Kier molecular flexibility index (Phi) is 30.4. The number of nitrogens with one attached hydrogen (secondary N) is 7. The van der Waals surface area contributed by atoms with Crippen molar-refractivity contribution in [3.63, 3.8) is 0 Å². The number of carbonyl (C=O) groups is 11. The average molecular weight is 1410 g/mol. The molecule has 2 aromatic carbocycles. The van der Waals surface area contributed by atoms with Gasteiger partial charge >= 0.3 is 17.9 Å². The summed E-state index contributed by atoms with van der Waals surface area (Å²) >= 11 is 0. The molecule has 2 aliphatic rings. The minimum atomic E-state index is -4.54. The summed E-state index contributed by atoms with van der Waals surface area (Å²) in [6.07, 6.45) is 9.16. The van der Waals surface area contributed by atoms with Gasteiger partial charge in [0, 0.05) is 73.8 Å². The van der Waals surface area contributed by atoms with Crippen LogP contribution in [0.5, 0.6) is 0 Å². The third kappa shape index (κ3) is 23.7. The molecule has 0 unspecified atom stereocenters. The maximum atomic E-state index is 13.9. The van der Waals surface area contributed by atoms with E-state index in [4.69, 9.17) is 11.5 Å². The smallest absolute Gasteiger partial charge is 0.305 e. The molecule has 0 radical (unpaired) electrons. The first-order valence-corrected chi connectivity index (χ1v) is 35.1. The molecule has 2 aliphatic heterocycles. The number of carboxylic acid groups (broad SMARTS) is 3. The number of likely N-dealkylation sites (N-methyl/N-ethyl adjacent to an activating group) is 1. The lowest BCUT2D eigenvalue weighted by Crippen LogP contribution is -2.60. The van der Waals surface area contributed by atoms with Crippen molar-refractivity contribution in [1.29, 1.82) is 0 Å². The average Bonchev–Trinajstić information content (AvgIpc) is 1.60. The predicted octanol–water partition coefficient (Wildman–Crippen LogP) is 2.23. The molecule has 0 saturated carbocycles. The Balaban J connectivity index is 1.38. The Hall–Kier alpha value is -8.92. The van der Waals surface area contributed by atoms with Gasteiger partial charge in [-0.25, -0.2) is 0 Å². The van der Waals surface area contributed by atoms with Crippen molar-refractivity contribution < 1.29 is 98.6 Å². The lowest BCUT2D eigenvalue weighted by Gasteiger charge is -2.28. The second-order valence-electron chi connectivity index (χ2n) is 25.3. The van der Waals surface area contributed by atoms with Gasteiger partial charge in [-0.2, -0.15) is 21.4 Å². The second kappa shape index (κ2) is 36.6. The molecule has 31 nitrogen and oxygen atoms in total. The van der Waals surface area contributed by atoms with Gasteiger partial charge in [0.1, 0.15) is 42.8 Å². The van der Waals surface area contributed by atoms with Crippen molar-refractivity contribution in [1.82, 2.24) is 37.2 Å². The van der Waals surface area contributed by atoms with Crippen LogP contribution in [0.25, 0.3) is 0 Å². The van der Waals surface area contributed by atoms with Gasteiger partial charge in [-0.3, -0.25) is 61.8 Å². The van der Waals surface area contributed by atoms with E-state index in [1.807, 2.05) is 65.0 Å². The molecule has 0 aromatic heterocycles. The molecule has 540 valence electrons. The first kappa shape index (κ1) is 81.5. The fraction of sp³-hybridized carbons (Fsp3) is 0.538. The highest BCUT2D eigenvalue weighted by Gasteiger charge is 2.45. The maximum Gasteiger partial charge on any atom is 0.305 e. The van der Waals surface area contributed by atoms with Gasteiger partial charge in [-0.1, -0.05) is 45.9 Å². The lowest BCUT2D eigenvalue weighted by molar-refractivity contribution is -0.438. The summed E-state index contributed by atoms with van der Waals surface area (Å²) in [7, 11) is -8.97. The van der Waals surface area contributed by atoms with E-state index in [2.05, 4.69) is 46.7 Å². The predicted molar refractivity (Wildman–Crippen MR) is 359 cm³/mol. The SMILES string of the molecule is CCN1/C(=C/C=C/C=C/C2=[N+](CCCCCC(=O)NCCCC[C@H](NC(C)=O)C(=O)N[C@@H](CC(=O)O)C(=O)N[C@@H](CCC(=O)O)C(=O)N[C@H](C(=O)N[C@@H](CC(=O)O)C(=O)N[C@@H](CCCCN)C(N)=O)C(C)C)c3ccc(S(=O)(=O)O)cc3C2(C)C)C(C)(C)c2cc(S(=O)(=O)O)ccc21. The number of primary amides is 1. The molecule has 0 aliphatic carbocycles. The topological polar surface area (TPSA) is 500 Å². The van der Waals surface area contributed by atoms with Crippen LogP contribution < -0.4 is 53.6 Å². The van der Waals surface area contributed by atoms with Crippen molar-refractivity contribution in [2.75, 3.05) is 31.1 Å². The Morgan fingerprint density at radius 1 is 0.592 bits per heavy atom. The highest BCUT2D eigenvalue weighted by atomic mass is 32.2. The van der Waals surface area contributed by atoms with Gasteiger partial charge < -0.3 is 68.9 Å². The van der Waals surface area contributed by atoms with E-state index in [0.29, 0.717) is 57.2 Å². The Morgan fingerprint density at radius 3 is 1.67 bits per heavy atom. The minimum absolute atomic E-state index is 0.0493. The number of benzene rings is 2. The van der Waals surface area contributed by atoms with Crippen LogP contribution in [-0.2, 0) is 83.8 Å². The number of carboxylic acids is 3. The molecular formula is C65H94N11O20S2+. The molecule has 0 saturated heterocycles. The minimum Gasteiger partial charge on any atom is -0.481 e. The van der Waals surface area contributed by atoms with E-state index in [9.17, 15) is 94.0 Å². The van der Waals surface area contributed by atoms with Crippen molar-refractivity contribution >= 4 is 102 Å². The number of hydrogen-bond acceptors (Lipinski definition) is 17. The number of carbonyl (C=O) groups excluding carboxylic acids is 8. The number of amides is 8. The van der Waals surface area contributed by atoms with E-state index in [-0.39, 0.29) is 54.5 Å². The van der Waals surface area contributed by atoms with Crippen molar-refractivity contribution in [3.8, 4) is 0 Å². The van der Waals surface area contributed by atoms with Crippen molar-refractivity contribution in [2.24, 2.45) is 17.4 Å². The third-order valence-electron chi connectivity index (χ3n) is 16.7. The highest BCUT2D eigenvalue weighted by molar-refractivity contribution is 7.86. The molecule has 0 spiro atoms. The van der Waals surface area contributed by atoms with E-state index in [0.717, 1.165) is 35.3 Å². The standard InChI is InChI=1S/C65H93N11O20S2/c1-9-75-49-28-25-40(97(91,92)93)34-42(49)64(5,6)51(75)22-12-10-13-23-52-65(7,8)43-35-41(98(94,95)96)26-29-50(43)76(52)33-19-11-14-24-53(78)68-32-18-16-21-45(69-39(4)77)59(86)72-47(36-55(81)82)62(89)71-46(27-30-54(79)80)60(87)74-57(38(2)3)63(90)73-48(37-56(83)84)61(88)70-44(58(67)85)20-15-17-31-66/h10,12-13,22-23,25-26,28-29,34-35,38,44-48,57H,9,11,14-21,24,27,30-33,36-37,66H2,1-8H3,(H13-,67,68,69,70,71,72,73,74,77,78,79,80,81,82,83,84,85,86,87,88,89,90,91,92,93,94,95,96)/p+1/t44-,45-,46-,47-,48-,57-/m0/s1. The second-order valence-corrected chi connectivity index (χ2v) is 28.2. The number of fused-ring (bicyclic) bond motifs is 2. The van der Waals surface area contributed by atoms with E-state index in [1.165, 1.54) is 38.1 Å². The van der Waals surface area contributed by atoms with Crippen LogP contribution in [0.1, 0.15) is 156 Å². The third-order valence-corrected chi connectivity index (χ3v) is 18.4. The van der Waals surface area contributed by atoms with E-state index < -0.39 is 158 Å². The molecular weight excluding hydrogens is 1320 g/mol. The van der Waals surface area contributed by atoms with Crippen molar-refractivity contribution in [2.45, 2.75) is 202 Å². The number of nitrogens with two attached hydrogens (primary N) is 2. The fourth-order valence-electron chi connectivity index (χ4n) is 11.6. The summed E-state index contributed by atoms with van der Waals surface area (Å²) in [4.78, 5) is 143. The summed E-state index contributed by atoms with van der Waals surface area (Å²) in [5.74, 6) is -12.9. The number of aliphatic carboxylic acids is 3. The molecule has 8 amide bonds. The molecule has 2 heterocycles. The first-order chi connectivity index (χ1) is 45.8. The zero-order chi connectivity index (χ0) is 73.6. The number of unbranched alkanes of at least 4 members (excludes halogenated alkanes) is 4. The quantitative estimate of drug-likeness (QED) is 0.0196. The number of hydrogen-bond donors (Lipinski definition) is 14. The Morgan fingerprint density at radius 2 is 1.12 bits per heavy atom. The highest BCUT2D eigenvalue weighted by Crippen LogP contribution is 2.48. The van der Waals surface area contributed by atoms with Crippen LogP contribution in [-0.4, -0.2) is 179 Å². The molecule has 98 heavy (non-hydrogen) atoms. The van der Waals surface area contributed by atoms with Gasteiger partial charge in [-0.15, -0.1) is 0 Å². The summed E-state index contributed by atoms with van der Waals surface area (Å²) in [6.45, 7) is 15.3. The Bertz CT molecular complexity index is 3680. The monoisotopic (exact) mass is 1410 g/mol. The van der Waals surface area contributed by atoms with Crippen LogP contribution in [0, 0.1) is 5.92 Å². The largest absolute Gasteiger partial charge is 0.481 e. The first-order valence-electron chi connectivity index (χ1n) is 32.2. The van der Waals surface area contributed by atoms with Crippen LogP contribution in [0.15, 0.2) is 82.3 Å². The molecule has 6 atom stereocenters. The molecule has 4 rings (SSSR count). The zero-order valence-corrected chi connectivity index (χ0v) is 58.0. The summed E-state index contributed by atoms with van der Waals surface area (Å²) < 4.78 is 70.3. The van der Waals surface area contributed by atoms with Gasteiger partial charge in [-0.05, 0) is 133 Å². The van der Waals surface area contributed by atoms with Crippen LogP contribution in [0.2, 0.25) is 0 Å². The number of allylic oxidation sites excluding steroid dienone is 6. The summed E-state index contributed by atoms with van der Waals surface area (Å²) in [5, 5.41) is 45.6. The zero-order valence-electron chi connectivity index (χ0n) is 56.3. The van der Waals surface area contributed by atoms with Crippen LogP contribution in [0.4, 0.5) is 11.4 Å². The van der Waals surface area contributed by atoms with Crippen LogP contribution in [0.3, 0.4) is 0 Å². The summed E-state index contributed by atoms with van der Waals surface area (Å²) in [5.41, 5.74) is 14.3. The lowest BCUT2D eigenvalue weighted by atomic mass is 9.81. The van der Waals surface area contributed by atoms with Gasteiger partial charge in [0.15, 0.2) is 5.71 Å². The van der Waals surface area contributed by atoms with Crippen LogP contribution >= 0.6 is 0 Å². The molecule has 2 aromatic rings. The summed E-state index contributed by atoms with van der Waals surface area (Å²) in [6, 6.07) is -0.752. The normalized spacial score (nSPS) is 16.3. The Labute approximate surface area is 570 Å². The molecule has 0 fully saturated rings.